The van der Waals surface area contributed by atoms with Crippen molar-refractivity contribution in [3.8, 4) is 0 Å². The van der Waals surface area contributed by atoms with Crippen molar-refractivity contribution in [1.29, 1.82) is 0 Å². The zero-order valence-corrected chi connectivity index (χ0v) is 15.0. The van der Waals surface area contributed by atoms with Gasteiger partial charge in [0.1, 0.15) is 0 Å². The molecule has 0 N–H and O–H groups in total. The van der Waals surface area contributed by atoms with Gasteiger partial charge in [-0.15, -0.1) is 0 Å². The van der Waals surface area contributed by atoms with Crippen LogP contribution in [0.25, 0.3) is 6.08 Å². The van der Waals surface area contributed by atoms with Crippen LogP contribution in [0, 0.1) is 23.2 Å². The lowest BCUT2D eigenvalue weighted by molar-refractivity contribution is -0.155. The second kappa shape index (κ2) is 6.60. The van der Waals surface area contributed by atoms with Crippen LogP contribution in [0.15, 0.2) is 30.3 Å². The molecule has 0 aromatic heterocycles. The topological polar surface area (TPSA) is 43.4 Å². The third-order valence-corrected chi connectivity index (χ3v) is 6.62. The summed E-state index contributed by atoms with van der Waals surface area (Å²) in [6, 6.07) is 7.28. The van der Waals surface area contributed by atoms with Gasteiger partial charge in [-0.3, -0.25) is 4.79 Å². The Bertz CT molecular complexity index is 686. The summed E-state index contributed by atoms with van der Waals surface area (Å²) in [5.41, 5.74) is 0.551. The van der Waals surface area contributed by atoms with E-state index in [1.807, 2.05) is 18.2 Å². The predicted octanol–water partition coefficient (Wildman–Crippen LogP) is 4.68. The second-order valence-corrected chi connectivity index (χ2v) is 8.49. The Balaban J connectivity index is 1.34. The molecule has 0 saturated heterocycles. The smallest absolute Gasteiger partial charge is 0.331 e. The average molecular weight is 359 g/mol. The Labute approximate surface area is 153 Å². The van der Waals surface area contributed by atoms with Crippen LogP contribution < -0.4 is 0 Å². The highest BCUT2D eigenvalue weighted by Crippen LogP contribution is 2.60. The van der Waals surface area contributed by atoms with Crippen molar-refractivity contribution < 1.29 is 14.3 Å². The number of carbonyl (C=O) groups excluding carboxylic acids is 2. The molecule has 0 atom stereocenters. The molecule has 4 aliphatic rings. The highest BCUT2D eigenvalue weighted by Gasteiger charge is 2.54. The maximum absolute atomic E-state index is 12.8. The van der Waals surface area contributed by atoms with E-state index in [4.69, 9.17) is 16.3 Å². The number of hydrogen-bond donors (Lipinski definition) is 0. The first kappa shape index (κ1) is 16.8. The highest BCUT2D eigenvalue weighted by molar-refractivity contribution is 6.32. The van der Waals surface area contributed by atoms with Crippen LogP contribution in [0.4, 0.5) is 0 Å². The van der Waals surface area contributed by atoms with Crippen molar-refractivity contribution in [2.45, 2.75) is 38.5 Å². The van der Waals surface area contributed by atoms with Crippen LogP contribution in [0.2, 0.25) is 5.02 Å². The fourth-order valence-electron chi connectivity index (χ4n) is 5.56. The minimum atomic E-state index is -0.488. The molecule has 4 bridgehead atoms. The minimum Gasteiger partial charge on any atom is -0.455 e. The van der Waals surface area contributed by atoms with E-state index in [2.05, 4.69) is 0 Å². The SMILES string of the molecule is O=C(C=Cc1ccccc1Cl)OCC(=O)C12CC3CC(CC(C3)C1)C2. The number of ketones is 1. The summed E-state index contributed by atoms with van der Waals surface area (Å²) in [5, 5.41) is 0.580. The number of ether oxygens (including phenoxy) is 1. The van der Waals surface area contributed by atoms with E-state index in [0.29, 0.717) is 22.8 Å². The van der Waals surface area contributed by atoms with Gasteiger partial charge in [-0.05, 0) is 74.0 Å². The van der Waals surface area contributed by atoms with E-state index in [0.717, 1.165) is 24.8 Å². The van der Waals surface area contributed by atoms with Gasteiger partial charge in [0.2, 0.25) is 0 Å². The number of Topliss-reactive ketones (excluding diaryl/α,β-unsaturated/α-hetero) is 1. The van der Waals surface area contributed by atoms with Crippen molar-refractivity contribution in [2.75, 3.05) is 6.61 Å². The Hall–Kier alpha value is -1.61. The van der Waals surface area contributed by atoms with E-state index in [1.165, 1.54) is 25.3 Å². The largest absolute Gasteiger partial charge is 0.455 e. The standard InChI is InChI=1S/C21H23ClO3/c22-18-4-2-1-3-17(18)5-6-20(24)25-13-19(23)21-10-14-7-15(11-21)9-16(8-14)12-21/h1-6,14-16H,7-13H2. The summed E-state index contributed by atoms with van der Waals surface area (Å²) in [4.78, 5) is 24.8. The summed E-state index contributed by atoms with van der Waals surface area (Å²) >= 11 is 6.05. The third kappa shape index (κ3) is 3.39. The molecular weight excluding hydrogens is 336 g/mol. The molecule has 4 heteroatoms. The van der Waals surface area contributed by atoms with Gasteiger partial charge in [-0.1, -0.05) is 29.8 Å². The summed E-state index contributed by atoms with van der Waals surface area (Å²) < 4.78 is 5.24. The summed E-state index contributed by atoms with van der Waals surface area (Å²) in [7, 11) is 0. The van der Waals surface area contributed by atoms with E-state index >= 15 is 0 Å². The van der Waals surface area contributed by atoms with Gasteiger partial charge >= 0.3 is 5.97 Å². The first-order valence-electron chi connectivity index (χ1n) is 9.17. The summed E-state index contributed by atoms with van der Waals surface area (Å²) in [5.74, 6) is 1.78. The molecule has 1 aromatic carbocycles. The average Bonchev–Trinajstić information content (AvgIpc) is 2.57. The molecule has 5 rings (SSSR count). The molecule has 1 aromatic rings. The molecule has 4 saturated carbocycles. The molecule has 0 radical (unpaired) electrons. The molecule has 132 valence electrons. The third-order valence-electron chi connectivity index (χ3n) is 6.28. The zero-order chi connectivity index (χ0) is 17.4. The molecule has 0 amide bonds. The molecule has 4 fully saturated rings. The van der Waals surface area contributed by atoms with Crippen LogP contribution in [-0.2, 0) is 14.3 Å². The zero-order valence-electron chi connectivity index (χ0n) is 14.2. The maximum atomic E-state index is 12.8. The van der Waals surface area contributed by atoms with Crippen LogP contribution in [-0.4, -0.2) is 18.4 Å². The number of benzene rings is 1. The number of esters is 1. The molecule has 25 heavy (non-hydrogen) atoms. The Morgan fingerprint density at radius 3 is 2.28 bits per heavy atom. The Morgan fingerprint density at radius 2 is 1.68 bits per heavy atom. The van der Waals surface area contributed by atoms with Gasteiger partial charge in [0.05, 0.1) is 0 Å². The lowest BCUT2D eigenvalue weighted by Gasteiger charge is -2.55. The normalized spacial score (nSPS) is 32.9. The molecule has 4 aliphatic carbocycles. The van der Waals surface area contributed by atoms with Gasteiger partial charge in [-0.2, -0.15) is 0 Å². The molecule has 0 heterocycles. The van der Waals surface area contributed by atoms with Gasteiger partial charge < -0.3 is 4.74 Å². The fourth-order valence-corrected chi connectivity index (χ4v) is 5.76. The molecule has 0 spiro atoms. The van der Waals surface area contributed by atoms with Crippen LogP contribution in [0.3, 0.4) is 0 Å². The highest BCUT2D eigenvalue weighted by atomic mass is 35.5. The molecule has 0 aliphatic heterocycles. The second-order valence-electron chi connectivity index (χ2n) is 8.08. The van der Waals surface area contributed by atoms with Crippen molar-refractivity contribution in [2.24, 2.45) is 23.2 Å². The van der Waals surface area contributed by atoms with Gasteiger partial charge in [-0.25, -0.2) is 4.79 Å². The monoisotopic (exact) mass is 358 g/mol. The van der Waals surface area contributed by atoms with Crippen molar-refractivity contribution in [1.82, 2.24) is 0 Å². The maximum Gasteiger partial charge on any atom is 0.331 e. The number of halogens is 1. The predicted molar refractivity (Wildman–Crippen MR) is 97.1 cm³/mol. The number of hydrogen-bond acceptors (Lipinski definition) is 3. The minimum absolute atomic E-state index is 0.0994. The van der Waals surface area contributed by atoms with Crippen LogP contribution >= 0.6 is 11.6 Å². The van der Waals surface area contributed by atoms with E-state index in [9.17, 15) is 9.59 Å². The lowest BCUT2D eigenvalue weighted by atomic mass is 9.48. The summed E-state index contributed by atoms with van der Waals surface area (Å²) in [6.07, 6.45) is 9.88. The Morgan fingerprint density at radius 1 is 1.08 bits per heavy atom. The molecule has 0 unspecified atom stereocenters. The van der Waals surface area contributed by atoms with Crippen LogP contribution in [0.1, 0.15) is 44.1 Å². The summed E-state index contributed by atoms with van der Waals surface area (Å²) in [6.45, 7) is -0.0994. The van der Waals surface area contributed by atoms with Gasteiger partial charge in [0, 0.05) is 16.5 Å². The van der Waals surface area contributed by atoms with Crippen molar-refractivity contribution in [3.05, 3.63) is 40.9 Å². The lowest BCUT2D eigenvalue weighted by Crippen LogP contribution is -2.51. The fraction of sp³-hybridized carbons (Fsp3) is 0.524. The van der Waals surface area contributed by atoms with Gasteiger partial charge in [0.25, 0.3) is 0 Å². The van der Waals surface area contributed by atoms with Gasteiger partial charge in [0.15, 0.2) is 12.4 Å². The van der Waals surface area contributed by atoms with Crippen molar-refractivity contribution in [3.63, 3.8) is 0 Å². The first-order chi connectivity index (χ1) is 12.0. The van der Waals surface area contributed by atoms with Crippen molar-refractivity contribution >= 4 is 29.4 Å². The molecule has 3 nitrogen and oxygen atoms in total. The van der Waals surface area contributed by atoms with E-state index < -0.39 is 5.97 Å². The van der Waals surface area contributed by atoms with E-state index in [1.54, 1.807) is 12.1 Å². The van der Waals surface area contributed by atoms with Crippen LogP contribution in [0.5, 0.6) is 0 Å². The number of carbonyl (C=O) groups is 2. The number of rotatable bonds is 5. The van der Waals surface area contributed by atoms with E-state index in [-0.39, 0.29) is 17.8 Å². The first-order valence-corrected chi connectivity index (χ1v) is 9.54. The molecular formula is C21H23ClO3. The Kier molecular flexibility index (Phi) is 4.45. The quantitative estimate of drug-likeness (QED) is 0.567.